The summed E-state index contributed by atoms with van der Waals surface area (Å²) in [5.74, 6) is -0.373. The summed E-state index contributed by atoms with van der Waals surface area (Å²) in [6.07, 6.45) is 2.90. The monoisotopic (exact) mass is 354 g/mol. The number of anilines is 1. The molecule has 1 aromatic heterocycles. The lowest BCUT2D eigenvalue weighted by Crippen LogP contribution is -3.14. The molecule has 2 heterocycles. The van der Waals surface area contributed by atoms with Crippen molar-refractivity contribution in [2.75, 3.05) is 51.8 Å². The molecule has 0 saturated carbocycles. The van der Waals surface area contributed by atoms with E-state index in [1.54, 1.807) is 0 Å². The van der Waals surface area contributed by atoms with Gasteiger partial charge in [0, 0.05) is 4.88 Å². The van der Waals surface area contributed by atoms with Crippen LogP contribution < -0.4 is 15.5 Å². The van der Waals surface area contributed by atoms with Crippen LogP contribution in [0.15, 0.2) is 0 Å². The Labute approximate surface area is 145 Å². The Kier molecular flexibility index (Phi) is 5.70. The van der Waals surface area contributed by atoms with Crippen molar-refractivity contribution in [3.8, 4) is 0 Å². The Morgan fingerprint density at radius 3 is 2.83 bits per heavy atom. The van der Waals surface area contributed by atoms with Gasteiger partial charge in [-0.25, -0.2) is 9.59 Å². The fraction of sp³-hybridized carbons (Fsp3) is 0.625. The summed E-state index contributed by atoms with van der Waals surface area (Å²) in [4.78, 5) is 26.8. The van der Waals surface area contributed by atoms with E-state index in [2.05, 4.69) is 10.6 Å². The zero-order valence-corrected chi connectivity index (χ0v) is 14.7. The van der Waals surface area contributed by atoms with Crippen molar-refractivity contribution in [2.45, 2.75) is 19.3 Å². The van der Waals surface area contributed by atoms with Crippen LogP contribution in [0.1, 0.15) is 27.2 Å². The number of carbonyl (C=O) groups is 2. The molecule has 1 saturated heterocycles. The maximum Gasteiger partial charge on any atom is 0.341 e. The number of quaternary nitrogens is 1. The van der Waals surface area contributed by atoms with E-state index in [4.69, 9.17) is 9.47 Å². The molecular formula is C16H24N3O4S+. The van der Waals surface area contributed by atoms with Crippen molar-refractivity contribution in [3.63, 3.8) is 0 Å². The molecule has 3 rings (SSSR count). The highest BCUT2D eigenvalue weighted by atomic mass is 32.1. The molecule has 2 aliphatic rings. The number of fused-ring (bicyclic) bond motifs is 1. The van der Waals surface area contributed by atoms with Gasteiger partial charge in [0.25, 0.3) is 0 Å². The third-order valence-corrected chi connectivity index (χ3v) is 5.71. The van der Waals surface area contributed by atoms with E-state index in [9.17, 15) is 9.59 Å². The third kappa shape index (κ3) is 3.88. The Hall–Kier alpha value is -1.64. The topological polar surface area (TPSA) is 81.1 Å². The van der Waals surface area contributed by atoms with Crippen molar-refractivity contribution in [3.05, 3.63) is 16.0 Å². The number of hydrogen-bond acceptors (Lipinski definition) is 5. The van der Waals surface area contributed by atoms with Gasteiger partial charge in [-0.3, -0.25) is 5.32 Å². The Balaban J connectivity index is 1.55. The summed E-state index contributed by atoms with van der Waals surface area (Å²) in [5, 5.41) is 6.30. The smallest absolute Gasteiger partial charge is 0.341 e. The van der Waals surface area contributed by atoms with Crippen LogP contribution >= 0.6 is 11.3 Å². The van der Waals surface area contributed by atoms with Crippen LogP contribution in [0.5, 0.6) is 0 Å². The third-order valence-electron chi connectivity index (χ3n) is 4.50. The molecule has 24 heavy (non-hydrogen) atoms. The minimum absolute atomic E-state index is 0.271. The summed E-state index contributed by atoms with van der Waals surface area (Å²) in [6, 6.07) is -0.271. The fourth-order valence-corrected chi connectivity index (χ4v) is 4.49. The maximum absolute atomic E-state index is 12.1. The van der Waals surface area contributed by atoms with E-state index in [1.807, 2.05) is 0 Å². The largest absolute Gasteiger partial charge is 0.465 e. The first kappa shape index (κ1) is 17.2. The number of aryl methyl sites for hydroxylation is 1. The van der Waals surface area contributed by atoms with Crippen LogP contribution in [-0.4, -0.2) is 58.5 Å². The van der Waals surface area contributed by atoms with Gasteiger partial charge in [-0.05, 0) is 24.8 Å². The molecule has 1 aromatic rings. The predicted molar refractivity (Wildman–Crippen MR) is 91.1 cm³/mol. The SMILES string of the molecule is COC(=O)c1c(NC(=O)NCC[NH+]2CCOCC2)sc2c1CCC2. The number of carbonyl (C=O) groups excluding carboxylic acids is 2. The molecule has 7 nitrogen and oxygen atoms in total. The predicted octanol–water partition coefficient (Wildman–Crippen LogP) is 0.0600. The highest BCUT2D eigenvalue weighted by molar-refractivity contribution is 7.17. The molecular weight excluding hydrogens is 330 g/mol. The first-order valence-electron chi connectivity index (χ1n) is 8.38. The van der Waals surface area contributed by atoms with Gasteiger partial charge in [0.2, 0.25) is 0 Å². The molecule has 0 unspecified atom stereocenters. The molecule has 132 valence electrons. The second kappa shape index (κ2) is 7.96. The van der Waals surface area contributed by atoms with Crippen molar-refractivity contribution in [2.24, 2.45) is 0 Å². The van der Waals surface area contributed by atoms with E-state index in [-0.39, 0.29) is 12.0 Å². The zero-order chi connectivity index (χ0) is 16.9. The number of thiophene rings is 1. The van der Waals surface area contributed by atoms with Crippen molar-refractivity contribution >= 4 is 28.3 Å². The molecule has 3 N–H and O–H groups in total. The minimum Gasteiger partial charge on any atom is -0.465 e. The van der Waals surface area contributed by atoms with Crippen molar-refractivity contribution < 1.29 is 24.0 Å². The van der Waals surface area contributed by atoms with Gasteiger partial charge >= 0.3 is 12.0 Å². The molecule has 2 amide bonds. The van der Waals surface area contributed by atoms with E-state index >= 15 is 0 Å². The van der Waals surface area contributed by atoms with Gasteiger partial charge < -0.3 is 19.7 Å². The minimum atomic E-state index is -0.373. The van der Waals surface area contributed by atoms with Crippen LogP contribution in [0.2, 0.25) is 0 Å². The first-order chi connectivity index (χ1) is 11.7. The second-order valence-corrected chi connectivity index (χ2v) is 7.15. The number of hydrogen-bond donors (Lipinski definition) is 3. The molecule has 0 atom stereocenters. The summed E-state index contributed by atoms with van der Waals surface area (Å²) in [7, 11) is 1.37. The average molecular weight is 354 g/mol. The number of ether oxygens (including phenoxy) is 2. The lowest BCUT2D eigenvalue weighted by molar-refractivity contribution is -0.906. The van der Waals surface area contributed by atoms with E-state index in [1.165, 1.54) is 28.2 Å². The van der Waals surface area contributed by atoms with Crippen LogP contribution in [-0.2, 0) is 22.3 Å². The summed E-state index contributed by atoms with van der Waals surface area (Å²) < 4.78 is 10.2. The summed E-state index contributed by atoms with van der Waals surface area (Å²) in [6.45, 7) is 5.00. The number of nitrogens with one attached hydrogen (secondary N) is 3. The van der Waals surface area contributed by atoms with E-state index < -0.39 is 0 Å². The van der Waals surface area contributed by atoms with Gasteiger partial charge in [0.15, 0.2) is 0 Å². The van der Waals surface area contributed by atoms with Crippen LogP contribution in [0.25, 0.3) is 0 Å². The number of urea groups is 1. The number of esters is 1. The first-order valence-corrected chi connectivity index (χ1v) is 9.19. The fourth-order valence-electron chi connectivity index (χ4n) is 3.22. The normalized spacial score (nSPS) is 17.4. The van der Waals surface area contributed by atoms with Crippen LogP contribution in [0.3, 0.4) is 0 Å². The van der Waals surface area contributed by atoms with Crippen LogP contribution in [0, 0.1) is 0 Å². The van der Waals surface area contributed by atoms with E-state index in [0.717, 1.165) is 57.7 Å². The number of rotatable bonds is 5. The van der Waals surface area contributed by atoms with Gasteiger partial charge in [0.1, 0.15) is 18.1 Å². The molecule has 1 aliphatic heterocycles. The van der Waals surface area contributed by atoms with Gasteiger partial charge in [-0.15, -0.1) is 11.3 Å². The molecule has 8 heteroatoms. The van der Waals surface area contributed by atoms with E-state index in [0.29, 0.717) is 17.1 Å². The standard InChI is InChI=1S/C16H23N3O4S/c1-22-15(20)13-11-3-2-4-12(11)24-14(13)18-16(21)17-5-6-19-7-9-23-10-8-19/h2-10H2,1H3,(H2,17,18,21)/p+1. The van der Waals surface area contributed by atoms with Gasteiger partial charge in [0.05, 0.1) is 39.0 Å². The average Bonchev–Trinajstić information content (AvgIpc) is 3.15. The molecule has 0 aromatic carbocycles. The Morgan fingerprint density at radius 1 is 1.29 bits per heavy atom. The highest BCUT2D eigenvalue weighted by Crippen LogP contribution is 2.39. The highest BCUT2D eigenvalue weighted by Gasteiger charge is 2.28. The molecule has 1 fully saturated rings. The zero-order valence-electron chi connectivity index (χ0n) is 13.9. The van der Waals surface area contributed by atoms with Crippen LogP contribution in [0.4, 0.5) is 9.80 Å². The summed E-state index contributed by atoms with van der Waals surface area (Å²) >= 11 is 1.49. The lowest BCUT2D eigenvalue weighted by atomic mass is 10.1. The quantitative estimate of drug-likeness (QED) is 0.653. The second-order valence-electron chi connectivity index (χ2n) is 6.05. The Bertz CT molecular complexity index is 611. The Morgan fingerprint density at radius 2 is 2.08 bits per heavy atom. The molecule has 0 radical (unpaired) electrons. The van der Waals surface area contributed by atoms with Crippen molar-refractivity contribution in [1.82, 2.24) is 5.32 Å². The number of amides is 2. The maximum atomic E-state index is 12.1. The number of morpholine rings is 1. The summed E-state index contributed by atoms with van der Waals surface area (Å²) in [5.41, 5.74) is 1.57. The number of methoxy groups -OCH3 is 1. The van der Waals surface area contributed by atoms with Gasteiger partial charge in [-0.2, -0.15) is 0 Å². The molecule has 0 bridgehead atoms. The van der Waals surface area contributed by atoms with Gasteiger partial charge in [-0.1, -0.05) is 0 Å². The van der Waals surface area contributed by atoms with Crippen molar-refractivity contribution in [1.29, 1.82) is 0 Å². The molecule has 1 aliphatic carbocycles. The lowest BCUT2D eigenvalue weighted by Gasteiger charge is -2.23. The molecule has 0 spiro atoms.